The van der Waals surface area contributed by atoms with Gasteiger partial charge in [-0.2, -0.15) is 5.26 Å². The van der Waals surface area contributed by atoms with E-state index in [2.05, 4.69) is 5.32 Å². The lowest BCUT2D eigenvalue weighted by Crippen LogP contribution is -2.57. The predicted octanol–water partition coefficient (Wildman–Crippen LogP) is 2.84. The van der Waals surface area contributed by atoms with Crippen LogP contribution in [0.2, 0.25) is 0 Å². The summed E-state index contributed by atoms with van der Waals surface area (Å²) < 4.78 is 32.3. The maximum Gasteiger partial charge on any atom is 0.251 e. The summed E-state index contributed by atoms with van der Waals surface area (Å²) >= 11 is 0. The number of nitriles is 1. The van der Waals surface area contributed by atoms with Crippen LogP contribution < -0.4 is 10.1 Å². The molecule has 5 nitrogen and oxygen atoms in total. The van der Waals surface area contributed by atoms with Gasteiger partial charge in [0.25, 0.3) is 5.91 Å². The lowest BCUT2D eigenvalue weighted by Gasteiger charge is -2.43. The number of nitrogens with zero attached hydrogens (tertiary/aromatic N) is 1. The number of benzene rings is 2. The van der Waals surface area contributed by atoms with Crippen LogP contribution >= 0.6 is 0 Å². The molecular weight excluding hydrogens is 342 g/mol. The van der Waals surface area contributed by atoms with Crippen LogP contribution in [0.3, 0.4) is 0 Å². The van der Waals surface area contributed by atoms with Crippen LogP contribution in [-0.4, -0.2) is 22.7 Å². The highest BCUT2D eigenvalue weighted by Gasteiger charge is 2.44. The van der Waals surface area contributed by atoms with E-state index in [-0.39, 0.29) is 5.56 Å². The Morgan fingerprint density at radius 1 is 1.23 bits per heavy atom. The van der Waals surface area contributed by atoms with Crippen LogP contribution in [0, 0.1) is 23.0 Å². The fourth-order valence-electron chi connectivity index (χ4n) is 2.96. The predicted molar refractivity (Wildman–Crippen MR) is 88.4 cm³/mol. The Balaban J connectivity index is 1.91. The normalized spacial score (nSPS) is 20.5. The molecule has 2 atom stereocenters. The Labute approximate surface area is 148 Å². The minimum absolute atomic E-state index is 0.0801. The number of hydrogen-bond acceptors (Lipinski definition) is 4. The monoisotopic (exact) mass is 358 g/mol. The van der Waals surface area contributed by atoms with Gasteiger partial charge in [-0.25, -0.2) is 8.78 Å². The molecule has 0 saturated heterocycles. The van der Waals surface area contributed by atoms with Crippen molar-refractivity contribution in [2.75, 3.05) is 0 Å². The zero-order valence-corrected chi connectivity index (χ0v) is 14.1. The highest BCUT2D eigenvalue weighted by atomic mass is 19.2. The van der Waals surface area contributed by atoms with Crippen LogP contribution in [0.4, 0.5) is 8.78 Å². The van der Waals surface area contributed by atoms with Crippen LogP contribution in [0.25, 0.3) is 0 Å². The van der Waals surface area contributed by atoms with E-state index in [9.17, 15) is 18.7 Å². The van der Waals surface area contributed by atoms with E-state index < -0.39 is 35.3 Å². The first kappa shape index (κ1) is 17.8. The third-order valence-corrected chi connectivity index (χ3v) is 4.36. The minimum atomic E-state index is -1.14. The lowest BCUT2D eigenvalue weighted by atomic mass is 9.85. The summed E-state index contributed by atoms with van der Waals surface area (Å²) in [7, 11) is 0. The largest absolute Gasteiger partial charge is 0.485 e. The molecule has 1 aliphatic rings. The number of aliphatic hydroxyl groups is 1. The molecule has 2 N–H and O–H groups in total. The summed E-state index contributed by atoms with van der Waals surface area (Å²) in [5.41, 5.74) is -0.339. The van der Waals surface area contributed by atoms with Crippen molar-refractivity contribution in [3.05, 3.63) is 64.7 Å². The molecule has 0 bridgehead atoms. The summed E-state index contributed by atoms with van der Waals surface area (Å²) in [4.78, 5) is 12.4. The Kier molecular flexibility index (Phi) is 4.38. The number of nitrogens with one attached hydrogen (secondary N) is 1. The van der Waals surface area contributed by atoms with E-state index in [0.717, 1.165) is 18.2 Å². The van der Waals surface area contributed by atoms with Gasteiger partial charge >= 0.3 is 0 Å². The number of rotatable bonds is 2. The Morgan fingerprint density at radius 2 is 1.96 bits per heavy atom. The lowest BCUT2D eigenvalue weighted by molar-refractivity contribution is -0.0253. The van der Waals surface area contributed by atoms with Gasteiger partial charge in [-0.15, -0.1) is 0 Å². The SMILES string of the molecule is CC1(C)Oc2ccc(C#N)cc2C(O)C1NC(=O)c1ccc(F)c(F)c1. The van der Waals surface area contributed by atoms with Crippen molar-refractivity contribution in [2.24, 2.45) is 0 Å². The molecule has 2 aromatic rings. The van der Waals surface area contributed by atoms with Gasteiger partial charge in [0.15, 0.2) is 11.6 Å². The van der Waals surface area contributed by atoms with Gasteiger partial charge in [-0.05, 0) is 50.2 Å². The maximum atomic E-state index is 13.4. The Morgan fingerprint density at radius 3 is 2.62 bits per heavy atom. The molecule has 2 aromatic carbocycles. The second kappa shape index (κ2) is 6.39. The fourth-order valence-corrected chi connectivity index (χ4v) is 2.96. The number of hydrogen-bond donors (Lipinski definition) is 2. The number of halogens is 2. The molecule has 0 fully saturated rings. The number of carbonyl (C=O) groups is 1. The van der Waals surface area contributed by atoms with Crippen molar-refractivity contribution in [3.8, 4) is 11.8 Å². The topological polar surface area (TPSA) is 82.3 Å². The number of ether oxygens (including phenoxy) is 1. The number of carbonyl (C=O) groups excluding carboxylic acids is 1. The van der Waals surface area contributed by atoms with Gasteiger partial charge in [0.1, 0.15) is 17.5 Å². The van der Waals surface area contributed by atoms with Crippen LogP contribution in [-0.2, 0) is 0 Å². The molecule has 3 rings (SSSR count). The summed E-state index contributed by atoms with van der Waals surface area (Å²) in [6.07, 6.45) is -1.14. The van der Waals surface area contributed by atoms with Gasteiger partial charge in [0.2, 0.25) is 0 Å². The first-order valence-electron chi connectivity index (χ1n) is 7.90. The van der Waals surface area contributed by atoms with Crippen molar-refractivity contribution >= 4 is 5.91 Å². The number of amides is 1. The standard InChI is InChI=1S/C19H16F2N2O3/c1-19(2)17(23-18(25)11-4-5-13(20)14(21)8-11)16(24)12-7-10(9-22)3-6-15(12)26-19/h3-8,16-17,24H,1-2H3,(H,23,25). The van der Waals surface area contributed by atoms with E-state index in [1.165, 1.54) is 6.07 Å². The van der Waals surface area contributed by atoms with Crippen LogP contribution in [0.5, 0.6) is 5.75 Å². The summed E-state index contributed by atoms with van der Waals surface area (Å²) in [6.45, 7) is 3.38. The molecule has 26 heavy (non-hydrogen) atoms. The first-order valence-corrected chi connectivity index (χ1v) is 7.90. The molecule has 7 heteroatoms. The summed E-state index contributed by atoms with van der Waals surface area (Å²) in [5, 5.41) is 22.4. The second-order valence-corrected chi connectivity index (χ2v) is 6.59. The highest BCUT2D eigenvalue weighted by molar-refractivity contribution is 5.94. The molecule has 1 amide bonds. The zero-order chi connectivity index (χ0) is 19.1. The molecule has 0 aliphatic carbocycles. The highest BCUT2D eigenvalue weighted by Crippen LogP contribution is 2.40. The average Bonchev–Trinajstić information content (AvgIpc) is 2.60. The fraction of sp³-hybridized carbons (Fsp3) is 0.263. The number of fused-ring (bicyclic) bond motifs is 1. The molecule has 0 aromatic heterocycles. The maximum absolute atomic E-state index is 13.4. The van der Waals surface area contributed by atoms with Crippen molar-refractivity contribution in [2.45, 2.75) is 31.6 Å². The summed E-state index contributed by atoms with van der Waals surface area (Å²) in [6, 6.07) is 8.56. The van der Waals surface area contributed by atoms with Gasteiger partial charge in [-0.3, -0.25) is 4.79 Å². The van der Waals surface area contributed by atoms with Gasteiger partial charge in [-0.1, -0.05) is 0 Å². The smallest absolute Gasteiger partial charge is 0.251 e. The van der Waals surface area contributed by atoms with Crippen molar-refractivity contribution in [1.29, 1.82) is 5.26 Å². The molecule has 2 unspecified atom stereocenters. The molecule has 134 valence electrons. The van der Waals surface area contributed by atoms with E-state index >= 15 is 0 Å². The summed E-state index contributed by atoms with van der Waals surface area (Å²) in [5.74, 6) is -2.45. The molecule has 0 saturated carbocycles. The van der Waals surface area contributed by atoms with Crippen molar-refractivity contribution in [3.63, 3.8) is 0 Å². The zero-order valence-electron chi connectivity index (χ0n) is 14.1. The van der Waals surface area contributed by atoms with E-state index in [1.807, 2.05) is 6.07 Å². The van der Waals surface area contributed by atoms with E-state index in [4.69, 9.17) is 10.00 Å². The number of aliphatic hydroxyl groups excluding tert-OH is 1. The second-order valence-electron chi connectivity index (χ2n) is 6.59. The molecule has 0 radical (unpaired) electrons. The van der Waals surface area contributed by atoms with Crippen molar-refractivity contribution in [1.82, 2.24) is 5.32 Å². The molecule has 1 aliphatic heterocycles. The van der Waals surface area contributed by atoms with Crippen LogP contribution in [0.1, 0.15) is 41.4 Å². The molecular formula is C19H16F2N2O3. The third kappa shape index (κ3) is 3.11. The van der Waals surface area contributed by atoms with Gasteiger partial charge in [0.05, 0.1) is 17.7 Å². The Bertz CT molecular complexity index is 921. The quantitative estimate of drug-likeness (QED) is 0.865. The molecule has 0 spiro atoms. The van der Waals surface area contributed by atoms with Gasteiger partial charge < -0.3 is 15.2 Å². The van der Waals surface area contributed by atoms with Crippen molar-refractivity contribution < 1.29 is 23.4 Å². The van der Waals surface area contributed by atoms with E-state index in [0.29, 0.717) is 16.9 Å². The van der Waals surface area contributed by atoms with Crippen LogP contribution in [0.15, 0.2) is 36.4 Å². The Hall–Kier alpha value is -2.98. The minimum Gasteiger partial charge on any atom is -0.485 e. The first-order chi connectivity index (χ1) is 12.2. The van der Waals surface area contributed by atoms with Gasteiger partial charge in [0, 0.05) is 11.1 Å². The van der Waals surface area contributed by atoms with E-state index in [1.54, 1.807) is 26.0 Å². The third-order valence-electron chi connectivity index (χ3n) is 4.36. The average molecular weight is 358 g/mol. The molecule has 1 heterocycles.